The number of aromatic nitrogens is 1. The number of hydrogen-bond donors (Lipinski definition) is 3. The van der Waals surface area contributed by atoms with Crippen LogP contribution in [0.1, 0.15) is 11.1 Å². The van der Waals surface area contributed by atoms with Crippen molar-refractivity contribution >= 4 is 33.9 Å². The smallest absolute Gasteiger partial charge is 0.253 e. The first-order valence-corrected chi connectivity index (χ1v) is 10.4. The third-order valence-corrected chi connectivity index (χ3v) is 5.32. The Bertz CT molecular complexity index is 1090. The summed E-state index contributed by atoms with van der Waals surface area (Å²) in [6.07, 6.45) is 0. The van der Waals surface area contributed by atoms with E-state index in [1.54, 1.807) is 7.11 Å². The summed E-state index contributed by atoms with van der Waals surface area (Å²) in [7, 11) is 5.83. The van der Waals surface area contributed by atoms with Crippen molar-refractivity contribution in [3.63, 3.8) is 0 Å². The summed E-state index contributed by atoms with van der Waals surface area (Å²) in [5.41, 5.74) is 3.36. The summed E-state index contributed by atoms with van der Waals surface area (Å²) in [4.78, 5) is 19.1. The molecular formula is C23H29N4O2S+. The molecule has 1 aromatic heterocycles. The van der Waals surface area contributed by atoms with Crippen LogP contribution in [0.15, 0.2) is 53.3 Å². The van der Waals surface area contributed by atoms with Crippen LogP contribution in [0.2, 0.25) is 0 Å². The topological polar surface area (TPSA) is 61.8 Å². The van der Waals surface area contributed by atoms with Crippen LogP contribution in [0.3, 0.4) is 0 Å². The van der Waals surface area contributed by atoms with Gasteiger partial charge in [0.25, 0.3) is 5.56 Å². The minimum absolute atomic E-state index is 0.0876. The molecule has 7 heteroatoms. The van der Waals surface area contributed by atoms with Gasteiger partial charge in [0, 0.05) is 11.1 Å². The number of ether oxygens (including phenoxy) is 1. The van der Waals surface area contributed by atoms with Gasteiger partial charge < -0.3 is 24.8 Å². The number of quaternary nitrogens is 1. The number of nitrogens with one attached hydrogen (secondary N) is 3. The average Bonchev–Trinajstić information content (AvgIpc) is 2.71. The zero-order chi connectivity index (χ0) is 21.7. The van der Waals surface area contributed by atoms with Crippen LogP contribution in [0.4, 0.5) is 5.69 Å². The zero-order valence-electron chi connectivity index (χ0n) is 17.9. The van der Waals surface area contributed by atoms with E-state index in [4.69, 9.17) is 17.0 Å². The first-order chi connectivity index (χ1) is 14.4. The molecule has 0 spiro atoms. The largest absolute Gasteiger partial charge is 0.495 e. The number of likely N-dealkylation sites (N-methyl/N-ethyl adjacent to an activating group) is 1. The number of aromatic amines is 1. The predicted octanol–water partition coefficient (Wildman–Crippen LogP) is 2.19. The van der Waals surface area contributed by atoms with Crippen LogP contribution in [-0.4, -0.2) is 49.3 Å². The van der Waals surface area contributed by atoms with E-state index in [0.717, 1.165) is 34.4 Å². The van der Waals surface area contributed by atoms with Crippen LogP contribution >= 0.6 is 12.2 Å². The SMILES string of the molecule is COc1ccccc1NC(=S)N(CC[NH+](C)C)Cc1cc2ccc(C)cc2[nH]c1=O. The van der Waals surface area contributed by atoms with E-state index in [0.29, 0.717) is 23.8 Å². The van der Waals surface area contributed by atoms with Crippen LogP contribution in [0, 0.1) is 6.92 Å². The molecule has 3 rings (SSSR count). The number of benzene rings is 2. The number of fused-ring (bicyclic) bond motifs is 1. The van der Waals surface area contributed by atoms with E-state index < -0.39 is 0 Å². The number of hydrogen-bond acceptors (Lipinski definition) is 3. The number of thiocarbonyl (C=S) groups is 1. The van der Waals surface area contributed by atoms with E-state index in [1.165, 1.54) is 4.90 Å². The van der Waals surface area contributed by atoms with Gasteiger partial charge in [-0.2, -0.15) is 0 Å². The highest BCUT2D eigenvalue weighted by atomic mass is 32.1. The quantitative estimate of drug-likeness (QED) is 0.507. The molecule has 0 saturated heterocycles. The molecule has 0 fully saturated rings. The molecule has 3 N–H and O–H groups in total. The fraction of sp³-hybridized carbons (Fsp3) is 0.304. The van der Waals surface area contributed by atoms with Crippen LogP contribution in [0.5, 0.6) is 5.75 Å². The second kappa shape index (κ2) is 9.73. The van der Waals surface area contributed by atoms with Crippen molar-refractivity contribution in [2.75, 3.05) is 39.6 Å². The second-order valence-electron chi connectivity index (χ2n) is 7.72. The summed E-state index contributed by atoms with van der Waals surface area (Å²) in [6, 6.07) is 15.7. The summed E-state index contributed by atoms with van der Waals surface area (Å²) >= 11 is 5.71. The van der Waals surface area contributed by atoms with Crippen molar-refractivity contribution in [3.05, 3.63) is 70.0 Å². The van der Waals surface area contributed by atoms with Crippen molar-refractivity contribution in [1.82, 2.24) is 9.88 Å². The molecule has 0 aliphatic rings. The number of H-pyrrole nitrogens is 1. The van der Waals surface area contributed by atoms with Gasteiger partial charge >= 0.3 is 0 Å². The molecule has 0 saturated carbocycles. The molecule has 0 radical (unpaired) electrons. The molecule has 6 nitrogen and oxygen atoms in total. The molecule has 0 aliphatic carbocycles. The molecule has 0 amide bonds. The lowest BCUT2D eigenvalue weighted by Crippen LogP contribution is -3.06. The Morgan fingerprint density at radius 1 is 1.20 bits per heavy atom. The average molecular weight is 426 g/mol. The molecule has 0 aliphatic heterocycles. The van der Waals surface area contributed by atoms with Crippen molar-refractivity contribution in [1.29, 1.82) is 0 Å². The van der Waals surface area contributed by atoms with E-state index in [-0.39, 0.29) is 5.56 Å². The first-order valence-electron chi connectivity index (χ1n) is 9.98. The van der Waals surface area contributed by atoms with E-state index in [2.05, 4.69) is 24.4 Å². The highest BCUT2D eigenvalue weighted by molar-refractivity contribution is 7.80. The minimum Gasteiger partial charge on any atom is -0.495 e. The van der Waals surface area contributed by atoms with Gasteiger partial charge in [0.2, 0.25) is 0 Å². The van der Waals surface area contributed by atoms with Gasteiger partial charge in [-0.1, -0.05) is 24.3 Å². The summed E-state index contributed by atoms with van der Waals surface area (Å²) in [5, 5.41) is 4.85. The normalized spacial score (nSPS) is 11.0. The number of rotatable bonds is 7. The Morgan fingerprint density at radius 3 is 2.70 bits per heavy atom. The number of pyridine rings is 1. The van der Waals surface area contributed by atoms with Crippen LogP contribution in [-0.2, 0) is 6.54 Å². The van der Waals surface area contributed by atoms with Crippen molar-refractivity contribution < 1.29 is 9.64 Å². The molecule has 0 atom stereocenters. The number of anilines is 1. The molecular weight excluding hydrogens is 396 g/mol. The van der Waals surface area contributed by atoms with Gasteiger partial charge in [-0.05, 0) is 54.4 Å². The Hall–Kier alpha value is -2.90. The third-order valence-electron chi connectivity index (χ3n) is 4.96. The summed E-state index contributed by atoms with van der Waals surface area (Å²) in [5.74, 6) is 0.719. The van der Waals surface area contributed by atoms with E-state index in [9.17, 15) is 4.79 Å². The third kappa shape index (κ3) is 5.37. The van der Waals surface area contributed by atoms with Crippen LogP contribution < -0.4 is 20.5 Å². The maximum absolute atomic E-state index is 12.7. The summed E-state index contributed by atoms with van der Waals surface area (Å²) in [6.45, 7) is 4.04. The lowest BCUT2D eigenvalue weighted by atomic mass is 10.1. The number of aryl methyl sites for hydroxylation is 1. The standard InChI is InChI=1S/C23H28N4O2S/c1-16-9-10-17-14-18(22(28)24-20(17)13-16)15-27(12-11-26(2)3)23(30)25-19-7-5-6-8-21(19)29-4/h5-10,13-14H,11-12,15H2,1-4H3,(H,24,28)(H,25,30)/p+1. The predicted molar refractivity (Wildman–Crippen MR) is 127 cm³/mol. The minimum atomic E-state index is -0.0876. The Morgan fingerprint density at radius 2 is 1.97 bits per heavy atom. The summed E-state index contributed by atoms with van der Waals surface area (Å²) < 4.78 is 5.42. The van der Waals surface area contributed by atoms with Crippen LogP contribution in [0.25, 0.3) is 10.9 Å². The number of nitrogens with zero attached hydrogens (tertiary/aromatic N) is 1. The molecule has 30 heavy (non-hydrogen) atoms. The lowest BCUT2D eigenvalue weighted by molar-refractivity contribution is -0.857. The van der Waals surface area contributed by atoms with Gasteiger partial charge in [0.05, 0.1) is 46.5 Å². The maximum Gasteiger partial charge on any atom is 0.253 e. The molecule has 158 valence electrons. The monoisotopic (exact) mass is 425 g/mol. The molecule has 2 aromatic carbocycles. The van der Waals surface area contributed by atoms with E-state index in [1.807, 2.05) is 60.4 Å². The fourth-order valence-electron chi connectivity index (χ4n) is 3.24. The van der Waals surface area contributed by atoms with Crippen molar-refractivity contribution in [2.24, 2.45) is 0 Å². The molecule has 0 bridgehead atoms. The second-order valence-corrected chi connectivity index (χ2v) is 8.11. The Kier molecular flexibility index (Phi) is 7.07. The Labute approximate surface area is 182 Å². The van der Waals surface area contributed by atoms with Gasteiger partial charge in [-0.3, -0.25) is 4.79 Å². The van der Waals surface area contributed by atoms with Gasteiger partial charge in [-0.25, -0.2) is 0 Å². The van der Waals surface area contributed by atoms with Gasteiger partial charge in [0.1, 0.15) is 5.75 Å². The van der Waals surface area contributed by atoms with Crippen molar-refractivity contribution in [3.8, 4) is 5.75 Å². The molecule has 1 heterocycles. The van der Waals surface area contributed by atoms with Gasteiger partial charge in [0.15, 0.2) is 5.11 Å². The van der Waals surface area contributed by atoms with Gasteiger partial charge in [-0.15, -0.1) is 0 Å². The molecule has 3 aromatic rings. The highest BCUT2D eigenvalue weighted by Gasteiger charge is 2.16. The number of para-hydroxylation sites is 2. The maximum atomic E-state index is 12.7. The van der Waals surface area contributed by atoms with E-state index >= 15 is 0 Å². The Balaban J connectivity index is 1.87. The fourth-order valence-corrected chi connectivity index (χ4v) is 3.50. The zero-order valence-corrected chi connectivity index (χ0v) is 18.7. The number of methoxy groups -OCH3 is 1. The first kappa shape index (κ1) is 21.8. The lowest BCUT2D eigenvalue weighted by Gasteiger charge is -2.26. The highest BCUT2D eigenvalue weighted by Crippen LogP contribution is 2.23. The molecule has 0 unspecified atom stereocenters. The van der Waals surface area contributed by atoms with Crippen molar-refractivity contribution in [2.45, 2.75) is 13.5 Å².